The van der Waals surface area contributed by atoms with Gasteiger partial charge in [0.1, 0.15) is 5.60 Å². The number of ketones is 1. The van der Waals surface area contributed by atoms with Gasteiger partial charge in [-0.05, 0) is 39.8 Å². The van der Waals surface area contributed by atoms with E-state index in [2.05, 4.69) is 5.10 Å². The monoisotopic (exact) mass is 409 g/mol. The molecule has 1 aliphatic heterocycles. The van der Waals surface area contributed by atoms with Crippen molar-refractivity contribution in [1.82, 2.24) is 14.7 Å². The zero-order valence-electron chi connectivity index (χ0n) is 16.1. The predicted octanol–water partition coefficient (Wildman–Crippen LogP) is 3.98. The smallest absolute Gasteiger partial charge is 0.434 e. The molecule has 10 heteroatoms. The van der Waals surface area contributed by atoms with Crippen LogP contribution in [0.25, 0.3) is 5.69 Å². The Balaban J connectivity index is 2.10. The molecule has 0 aliphatic carbocycles. The van der Waals surface area contributed by atoms with Crippen molar-refractivity contribution >= 4 is 17.8 Å². The Hall–Kier alpha value is -3.17. The Bertz CT molecular complexity index is 1020. The molecule has 0 saturated heterocycles. The maximum atomic E-state index is 13.6. The number of carbonyl (C=O) groups is 3. The van der Waals surface area contributed by atoms with Crippen LogP contribution >= 0.6 is 0 Å². The Kier molecular flexibility index (Phi) is 4.76. The van der Waals surface area contributed by atoms with E-state index in [9.17, 15) is 27.6 Å². The van der Waals surface area contributed by atoms with Crippen LogP contribution in [0, 0.1) is 0 Å². The number of amides is 2. The maximum absolute atomic E-state index is 13.6. The molecule has 0 unspecified atom stereocenters. The van der Waals surface area contributed by atoms with Crippen LogP contribution in [0.5, 0.6) is 0 Å². The number of imide groups is 1. The highest BCUT2D eigenvalue weighted by molar-refractivity contribution is 6.07. The van der Waals surface area contributed by atoms with E-state index in [-0.39, 0.29) is 23.4 Å². The highest BCUT2D eigenvalue weighted by Crippen LogP contribution is 2.36. The molecule has 0 radical (unpaired) electrons. The number of Topliss-reactive ketones (excluding diaryl/α,β-unsaturated/α-hetero) is 1. The van der Waals surface area contributed by atoms with E-state index in [0.717, 1.165) is 18.0 Å². The second-order valence-corrected chi connectivity index (χ2v) is 7.55. The molecule has 2 amide bonds. The number of fused-ring (bicyclic) bond motifs is 1. The minimum atomic E-state index is -4.85. The van der Waals surface area contributed by atoms with Gasteiger partial charge in [0.25, 0.3) is 5.91 Å². The van der Waals surface area contributed by atoms with Gasteiger partial charge in [0.15, 0.2) is 11.5 Å². The zero-order chi connectivity index (χ0) is 21.7. The van der Waals surface area contributed by atoms with E-state index in [1.54, 1.807) is 20.8 Å². The van der Waals surface area contributed by atoms with Crippen LogP contribution in [-0.4, -0.2) is 38.1 Å². The van der Waals surface area contributed by atoms with E-state index < -0.39 is 40.8 Å². The average Bonchev–Trinajstić information content (AvgIpc) is 3.15. The van der Waals surface area contributed by atoms with Crippen molar-refractivity contribution in [3.05, 3.63) is 46.8 Å². The number of benzene rings is 1. The van der Waals surface area contributed by atoms with E-state index in [1.165, 1.54) is 18.2 Å². The third-order valence-electron chi connectivity index (χ3n) is 4.20. The van der Waals surface area contributed by atoms with Crippen molar-refractivity contribution in [2.45, 2.75) is 46.0 Å². The third-order valence-corrected chi connectivity index (χ3v) is 4.20. The molecule has 154 valence electrons. The summed E-state index contributed by atoms with van der Waals surface area (Å²) in [6.07, 6.45) is -4.91. The van der Waals surface area contributed by atoms with Gasteiger partial charge in [-0.2, -0.15) is 18.3 Å². The van der Waals surface area contributed by atoms with Crippen molar-refractivity contribution in [2.24, 2.45) is 0 Å². The van der Waals surface area contributed by atoms with Gasteiger partial charge in [-0.25, -0.2) is 14.4 Å². The lowest BCUT2D eigenvalue weighted by Crippen LogP contribution is -2.36. The first-order chi connectivity index (χ1) is 13.3. The summed E-state index contributed by atoms with van der Waals surface area (Å²) in [6.45, 7) is 5.64. The summed E-state index contributed by atoms with van der Waals surface area (Å²) in [5, 5.41) is 3.74. The lowest BCUT2D eigenvalue weighted by atomic mass is 10.1. The number of halogens is 3. The number of hydrogen-bond acceptors (Lipinski definition) is 5. The lowest BCUT2D eigenvalue weighted by molar-refractivity contribution is -0.143. The molecule has 1 aromatic heterocycles. The molecule has 7 nitrogen and oxygen atoms in total. The molecule has 2 heterocycles. The molecule has 2 aromatic rings. The van der Waals surface area contributed by atoms with E-state index in [1.807, 2.05) is 0 Å². The van der Waals surface area contributed by atoms with Crippen LogP contribution in [0.4, 0.5) is 18.0 Å². The minimum Gasteiger partial charge on any atom is -0.443 e. The number of ether oxygens (including phenoxy) is 1. The number of aromatic nitrogens is 2. The van der Waals surface area contributed by atoms with Gasteiger partial charge in [-0.15, -0.1) is 0 Å². The maximum Gasteiger partial charge on any atom is 0.434 e. The average molecular weight is 409 g/mol. The number of rotatable bonds is 2. The Morgan fingerprint density at radius 2 is 1.83 bits per heavy atom. The van der Waals surface area contributed by atoms with Crippen LogP contribution < -0.4 is 0 Å². The summed E-state index contributed by atoms with van der Waals surface area (Å²) in [5.74, 6) is -1.47. The minimum absolute atomic E-state index is 0.0401. The van der Waals surface area contributed by atoms with Crippen molar-refractivity contribution < 1.29 is 32.3 Å². The molecule has 0 fully saturated rings. The molecular weight excluding hydrogens is 391 g/mol. The van der Waals surface area contributed by atoms with Gasteiger partial charge in [0.2, 0.25) is 0 Å². The van der Waals surface area contributed by atoms with E-state index >= 15 is 0 Å². The number of carbonyl (C=O) groups excluding carboxylic acids is 3. The first-order valence-corrected chi connectivity index (χ1v) is 8.64. The van der Waals surface area contributed by atoms with Crippen LogP contribution in [-0.2, 0) is 17.5 Å². The second-order valence-electron chi connectivity index (χ2n) is 7.55. The summed E-state index contributed by atoms with van der Waals surface area (Å²) >= 11 is 0. The summed E-state index contributed by atoms with van der Waals surface area (Å²) in [5.41, 5.74) is -2.45. The molecule has 1 aromatic carbocycles. The standard InChI is InChI=1S/C19H18F3N3O4/c1-10(26)12-8-23-25(15(12)19(20,21)22)14-7-5-6-11-13(14)9-24(16(11)27)17(28)29-18(2,3)4/h5-8H,9H2,1-4H3. The van der Waals surface area contributed by atoms with Crippen LogP contribution in [0.2, 0.25) is 0 Å². The Morgan fingerprint density at radius 1 is 1.17 bits per heavy atom. The molecule has 0 atom stereocenters. The molecule has 0 spiro atoms. The van der Waals surface area contributed by atoms with Gasteiger partial charge in [0, 0.05) is 11.1 Å². The fraction of sp³-hybridized carbons (Fsp3) is 0.368. The molecule has 0 N–H and O–H groups in total. The largest absolute Gasteiger partial charge is 0.443 e. The fourth-order valence-corrected chi connectivity index (χ4v) is 3.04. The molecule has 29 heavy (non-hydrogen) atoms. The van der Waals surface area contributed by atoms with E-state index in [0.29, 0.717) is 4.68 Å². The highest BCUT2D eigenvalue weighted by Gasteiger charge is 2.42. The van der Waals surface area contributed by atoms with E-state index in [4.69, 9.17) is 4.74 Å². The predicted molar refractivity (Wildman–Crippen MR) is 94.7 cm³/mol. The molecule has 1 aliphatic rings. The van der Waals surface area contributed by atoms with Crippen LogP contribution in [0.15, 0.2) is 24.4 Å². The first kappa shape index (κ1) is 20.6. The van der Waals surface area contributed by atoms with Crippen molar-refractivity contribution in [2.75, 3.05) is 0 Å². The second kappa shape index (κ2) is 6.71. The summed E-state index contributed by atoms with van der Waals surface area (Å²) in [6, 6.07) is 4.14. The quantitative estimate of drug-likeness (QED) is 0.701. The molecule has 0 saturated carbocycles. The SMILES string of the molecule is CC(=O)c1cnn(-c2cccc3c2CN(C(=O)OC(C)(C)C)C3=O)c1C(F)(F)F. The first-order valence-electron chi connectivity index (χ1n) is 8.64. The van der Waals surface area contributed by atoms with Crippen LogP contribution in [0.1, 0.15) is 59.7 Å². The summed E-state index contributed by atoms with van der Waals surface area (Å²) < 4.78 is 46.7. The highest BCUT2D eigenvalue weighted by atomic mass is 19.4. The van der Waals surface area contributed by atoms with Crippen LogP contribution in [0.3, 0.4) is 0 Å². The topological polar surface area (TPSA) is 81.5 Å². The number of hydrogen-bond donors (Lipinski definition) is 0. The fourth-order valence-electron chi connectivity index (χ4n) is 3.04. The zero-order valence-corrected chi connectivity index (χ0v) is 16.1. The lowest BCUT2D eigenvalue weighted by Gasteiger charge is -2.23. The summed E-state index contributed by atoms with van der Waals surface area (Å²) in [7, 11) is 0. The van der Waals surface area contributed by atoms with Gasteiger partial charge < -0.3 is 4.74 Å². The molecule has 0 bridgehead atoms. The van der Waals surface area contributed by atoms with Gasteiger partial charge in [0.05, 0.1) is 24.0 Å². The van der Waals surface area contributed by atoms with Crippen molar-refractivity contribution in [1.29, 1.82) is 0 Å². The number of alkyl halides is 3. The van der Waals surface area contributed by atoms with Gasteiger partial charge in [-0.3, -0.25) is 9.59 Å². The molecular formula is C19H18F3N3O4. The number of nitrogens with zero attached hydrogens (tertiary/aromatic N) is 3. The normalized spacial score (nSPS) is 14.2. The van der Waals surface area contributed by atoms with Crippen molar-refractivity contribution in [3.8, 4) is 5.69 Å². The third kappa shape index (κ3) is 3.74. The van der Waals surface area contributed by atoms with Crippen molar-refractivity contribution in [3.63, 3.8) is 0 Å². The van der Waals surface area contributed by atoms with Gasteiger partial charge in [-0.1, -0.05) is 6.07 Å². The Labute approximate surface area is 164 Å². The molecule has 3 rings (SSSR count). The summed E-state index contributed by atoms with van der Waals surface area (Å²) in [4.78, 5) is 37.4. The Morgan fingerprint density at radius 3 is 2.38 bits per heavy atom. The van der Waals surface area contributed by atoms with Gasteiger partial charge >= 0.3 is 12.3 Å².